The Morgan fingerprint density at radius 1 is 0.953 bits per heavy atom. The minimum atomic E-state index is -5.79. The van der Waals surface area contributed by atoms with E-state index >= 15 is 0 Å². The first-order valence-electron chi connectivity index (χ1n) is 12.1. The number of aryl methyl sites for hydroxylation is 1. The minimum absolute atomic E-state index is 0.264. The lowest BCUT2D eigenvalue weighted by Crippen LogP contribution is -2.43. The van der Waals surface area contributed by atoms with Crippen LogP contribution in [-0.2, 0) is 38.1 Å². The van der Waals surface area contributed by atoms with E-state index in [9.17, 15) is 43.3 Å². The normalized spacial score (nSPS) is 23.5. The van der Waals surface area contributed by atoms with E-state index in [-0.39, 0.29) is 6.54 Å². The summed E-state index contributed by atoms with van der Waals surface area (Å²) in [4.78, 5) is 66.3. The van der Waals surface area contributed by atoms with Crippen molar-refractivity contribution < 1.29 is 61.4 Å². The molecule has 1 saturated heterocycles. The average molecular weight is 665 g/mol. The third kappa shape index (κ3) is 8.29. The van der Waals surface area contributed by atoms with Gasteiger partial charge in [0.25, 0.3) is 5.56 Å². The zero-order valence-electron chi connectivity index (χ0n) is 22.0. The van der Waals surface area contributed by atoms with Gasteiger partial charge >= 0.3 is 29.2 Å². The van der Waals surface area contributed by atoms with E-state index in [1.165, 1.54) is 0 Å². The van der Waals surface area contributed by atoms with Crippen molar-refractivity contribution in [1.82, 2.24) is 14.1 Å². The lowest BCUT2D eigenvalue weighted by atomic mass is 10.0. The molecule has 1 aliphatic heterocycles. The van der Waals surface area contributed by atoms with Crippen molar-refractivity contribution in [3.63, 3.8) is 0 Å². The summed E-state index contributed by atoms with van der Waals surface area (Å²) in [5.41, 5.74) is 1.27. The van der Waals surface area contributed by atoms with E-state index in [1.807, 2.05) is 37.3 Å². The van der Waals surface area contributed by atoms with Crippen molar-refractivity contribution in [3.05, 3.63) is 87.0 Å². The van der Waals surface area contributed by atoms with Crippen LogP contribution in [0.5, 0.6) is 0 Å². The van der Waals surface area contributed by atoms with Crippen LogP contribution in [0.15, 0.2) is 64.4 Å². The first-order valence-corrected chi connectivity index (χ1v) is 16.6. The maximum atomic E-state index is 13.3. The first-order chi connectivity index (χ1) is 20.0. The highest BCUT2D eigenvalue weighted by atomic mass is 31.3. The Hall–Kier alpha value is -2.66. The van der Waals surface area contributed by atoms with Crippen molar-refractivity contribution in [1.29, 1.82) is 0 Å². The van der Waals surface area contributed by atoms with E-state index in [1.54, 1.807) is 12.3 Å². The quantitative estimate of drug-likeness (QED) is 0.151. The van der Waals surface area contributed by atoms with E-state index < -0.39 is 65.9 Å². The third-order valence-corrected chi connectivity index (χ3v) is 9.89. The highest BCUT2D eigenvalue weighted by molar-refractivity contribution is 7.66. The van der Waals surface area contributed by atoms with Gasteiger partial charge in [0.15, 0.2) is 6.23 Å². The van der Waals surface area contributed by atoms with Gasteiger partial charge in [0.1, 0.15) is 18.3 Å². The summed E-state index contributed by atoms with van der Waals surface area (Å²) < 4.78 is 52.9. The smallest absolute Gasteiger partial charge is 0.387 e. The van der Waals surface area contributed by atoms with Gasteiger partial charge < -0.3 is 34.5 Å². The molecule has 0 aliphatic carbocycles. The molecule has 3 heterocycles. The molecule has 21 heteroatoms. The Balaban J connectivity index is 1.52. The highest BCUT2D eigenvalue weighted by Crippen LogP contribution is 2.66. The predicted molar refractivity (Wildman–Crippen MR) is 144 cm³/mol. The Morgan fingerprint density at radius 3 is 2.28 bits per heavy atom. The molecule has 0 saturated carbocycles. The zero-order chi connectivity index (χ0) is 31.7. The summed E-state index contributed by atoms with van der Waals surface area (Å²) in [6, 6.07) is 12.1. The number of pyridine rings is 1. The largest absolute Gasteiger partial charge is 0.490 e. The van der Waals surface area contributed by atoms with E-state index in [4.69, 9.17) is 14.5 Å². The number of phosphoric acid groups is 3. The monoisotopic (exact) mass is 665 g/mol. The minimum Gasteiger partial charge on any atom is -0.387 e. The maximum absolute atomic E-state index is 13.3. The summed E-state index contributed by atoms with van der Waals surface area (Å²) in [6.07, 6.45) is -4.35. The van der Waals surface area contributed by atoms with Gasteiger partial charge in [0.2, 0.25) is 0 Å². The number of aliphatic hydroxyl groups is 2. The van der Waals surface area contributed by atoms with Crippen LogP contribution in [0.4, 0.5) is 0 Å². The lowest BCUT2D eigenvalue weighted by Gasteiger charge is -2.19. The number of ether oxygens (including phenoxy) is 1. The van der Waals surface area contributed by atoms with Crippen LogP contribution in [0.3, 0.4) is 0 Å². The summed E-state index contributed by atoms with van der Waals surface area (Å²) in [5.74, 6) is 0. The summed E-state index contributed by atoms with van der Waals surface area (Å²) in [5, 5.41) is 20.9. The number of aliphatic hydroxyl groups excluding tert-OH is 2. The van der Waals surface area contributed by atoms with Gasteiger partial charge in [0.05, 0.1) is 18.8 Å². The second kappa shape index (κ2) is 12.8. The molecule has 1 aromatic carbocycles. The first kappa shape index (κ1) is 33.2. The lowest BCUT2D eigenvalue weighted by molar-refractivity contribution is -0.0547. The van der Waals surface area contributed by atoms with Crippen molar-refractivity contribution >= 4 is 23.5 Å². The number of rotatable bonds is 11. The third-order valence-electron chi connectivity index (χ3n) is 6.09. The molecule has 18 nitrogen and oxygen atoms in total. The topological polar surface area (TPSA) is 266 Å². The average Bonchev–Trinajstić information content (AvgIpc) is 3.18. The molecular formula is C22H26N3O15P3. The summed E-state index contributed by atoms with van der Waals surface area (Å²) >= 11 is 0. The molecule has 6 atom stereocenters. The van der Waals surface area contributed by atoms with Crippen LogP contribution in [0, 0.1) is 6.92 Å². The number of benzene rings is 1. The Kier molecular flexibility index (Phi) is 9.86. The molecule has 1 aliphatic rings. The van der Waals surface area contributed by atoms with Gasteiger partial charge in [0, 0.05) is 18.5 Å². The van der Waals surface area contributed by atoms with Crippen LogP contribution < -0.4 is 11.2 Å². The Labute approximate surface area is 241 Å². The van der Waals surface area contributed by atoms with Gasteiger partial charge in [-0.3, -0.25) is 23.4 Å². The van der Waals surface area contributed by atoms with Crippen LogP contribution in [0.25, 0.3) is 11.1 Å². The fourth-order valence-electron chi connectivity index (χ4n) is 4.18. The molecule has 4 rings (SSSR count). The van der Waals surface area contributed by atoms with Crippen molar-refractivity contribution in [3.8, 4) is 11.1 Å². The number of nitrogens with zero attached hydrogens (tertiary/aromatic N) is 3. The molecule has 3 aromatic rings. The summed E-state index contributed by atoms with van der Waals surface area (Å²) in [6.45, 7) is 0.507. The van der Waals surface area contributed by atoms with Gasteiger partial charge in [-0.05, 0) is 29.7 Å². The van der Waals surface area contributed by atoms with Crippen molar-refractivity contribution in [2.24, 2.45) is 0 Å². The molecule has 0 spiro atoms. The second-order valence-electron chi connectivity index (χ2n) is 9.22. The zero-order valence-corrected chi connectivity index (χ0v) is 24.6. The number of phosphoric ester groups is 1. The molecule has 43 heavy (non-hydrogen) atoms. The Bertz CT molecular complexity index is 1740. The van der Waals surface area contributed by atoms with Gasteiger partial charge in [-0.2, -0.15) is 8.62 Å². The van der Waals surface area contributed by atoms with Gasteiger partial charge in [-0.1, -0.05) is 30.3 Å². The van der Waals surface area contributed by atoms with Crippen LogP contribution >= 0.6 is 23.5 Å². The number of hydrogen-bond donors (Lipinski definition) is 6. The fourth-order valence-corrected chi connectivity index (χ4v) is 7.21. The van der Waals surface area contributed by atoms with Crippen molar-refractivity contribution in [2.75, 3.05) is 6.61 Å². The van der Waals surface area contributed by atoms with E-state index in [0.29, 0.717) is 5.69 Å². The van der Waals surface area contributed by atoms with Crippen molar-refractivity contribution in [2.45, 2.75) is 38.0 Å². The molecule has 6 N–H and O–H groups in total. The predicted octanol–water partition coefficient (Wildman–Crippen LogP) is 0.391. The Morgan fingerprint density at radius 2 is 1.63 bits per heavy atom. The SMILES string of the molecule is Cc1cnc(Cn2c(=O)ccn([C@@H]3O[C@H](COP(=O)(O)OP(=O)(O)OP(=O)(O)O)C(O)[C@@H]3O)c2=O)cc1-c1ccccc1. The molecule has 0 bridgehead atoms. The highest BCUT2D eigenvalue weighted by Gasteiger charge is 2.47. The molecule has 1 fully saturated rings. The standard InChI is InChI=1S/C22H26N3O15P3/c1-13-10-23-15(9-16(13)14-5-3-2-4-6-14)11-25-18(26)7-8-24(22(25)29)21-20(28)19(27)17(38-21)12-37-42(33,34)40-43(35,36)39-41(30,31)32/h2-10,17,19-21,27-28H,11-12H2,1H3,(H,33,34)(H,35,36)(H2,30,31,32)/t17-,19?,20+,21-/m1/s1. The van der Waals surface area contributed by atoms with Gasteiger partial charge in [-0.15, -0.1) is 0 Å². The maximum Gasteiger partial charge on any atom is 0.490 e. The number of aromatic nitrogens is 3. The molecule has 3 unspecified atom stereocenters. The van der Waals surface area contributed by atoms with Crippen LogP contribution in [0.2, 0.25) is 0 Å². The molecular weight excluding hydrogens is 639 g/mol. The second-order valence-corrected chi connectivity index (χ2v) is 13.6. The van der Waals surface area contributed by atoms with E-state index in [0.717, 1.165) is 38.1 Å². The van der Waals surface area contributed by atoms with Crippen LogP contribution in [-0.4, -0.2) is 68.8 Å². The van der Waals surface area contributed by atoms with Crippen LogP contribution in [0.1, 0.15) is 17.5 Å². The molecule has 0 amide bonds. The van der Waals surface area contributed by atoms with Gasteiger partial charge in [-0.25, -0.2) is 18.5 Å². The number of hydrogen-bond acceptors (Lipinski definition) is 12. The molecule has 0 radical (unpaired) electrons. The molecule has 234 valence electrons. The fraction of sp³-hybridized carbons (Fsp3) is 0.318. The molecule has 2 aromatic heterocycles. The summed E-state index contributed by atoms with van der Waals surface area (Å²) in [7, 11) is -17.0. The van der Waals surface area contributed by atoms with E-state index in [2.05, 4.69) is 18.1 Å².